The summed E-state index contributed by atoms with van der Waals surface area (Å²) in [6.45, 7) is 4.08. The Bertz CT molecular complexity index is 1300. The molecule has 8 heteroatoms. The van der Waals surface area contributed by atoms with Crippen molar-refractivity contribution in [3.63, 3.8) is 0 Å². The van der Waals surface area contributed by atoms with Crippen molar-refractivity contribution in [2.75, 3.05) is 12.4 Å². The topological polar surface area (TPSA) is 84.7 Å². The molecule has 1 aromatic carbocycles. The van der Waals surface area contributed by atoms with Gasteiger partial charge in [-0.15, -0.1) is 0 Å². The van der Waals surface area contributed by atoms with Gasteiger partial charge in [0.2, 0.25) is 0 Å². The van der Waals surface area contributed by atoms with Gasteiger partial charge in [-0.25, -0.2) is 14.5 Å². The summed E-state index contributed by atoms with van der Waals surface area (Å²) in [6, 6.07) is 12.1. The van der Waals surface area contributed by atoms with Crippen LogP contribution in [0.3, 0.4) is 0 Å². The van der Waals surface area contributed by atoms with Gasteiger partial charge in [0.15, 0.2) is 5.13 Å². The predicted molar refractivity (Wildman–Crippen MR) is 127 cm³/mol. The number of fused-ring (bicyclic) bond motifs is 3. The lowest BCUT2D eigenvalue weighted by Gasteiger charge is -2.10. The number of urea groups is 1. The predicted octanol–water partition coefficient (Wildman–Crippen LogP) is 4.91. The van der Waals surface area contributed by atoms with E-state index in [0.29, 0.717) is 5.13 Å². The third-order valence-electron chi connectivity index (χ3n) is 5.71. The van der Waals surface area contributed by atoms with E-state index in [-0.39, 0.29) is 6.03 Å². The van der Waals surface area contributed by atoms with Crippen molar-refractivity contribution >= 4 is 22.5 Å². The molecule has 1 aliphatic rings. The van der Waals surface area contributed by atoms with Crippen LogP contribution in [-0.4, -0.2) is 32.8 Å². The van der Waals surface area contributed by atoms with Gasteiger partial charge in [-0.05, 0) is 56.9 Å². The van der Waals surface area contributed by atoms with Crippen LogP contribution in [0.15, 0.2) is 42.6 Å². The average molecular weight is 445 g/mol. The molecule has 0 radical (unpaired) electrons. The van der Waals surface area contributed by atoms with E-state index >= 15 is 0 Å². The number of hydrogen-bond donors (Lipinski definition) is 2. The molecule has 5 rings (SSSR count). The summed E-state index contributed by atoms with van der Waals surface area (Å²) in [5.41, 5.74) is 8.39. The highest BCUT2D eigenvalue weighted by atomic mass is 32.1. The zero-order valence-electron chi connectivity index (χ0n) is 18.3. The molecule has 4 aromatic rings. The number of aromatic nitrogens is 4. The van der Waals surface area contributed by atoms with Crippen LogP contribution in [0.5, 0.6) is 0 Å². The summed E-state index contributed by atoms with van der Waals surface area (Å²) >= 11 is 1.50. The highest BCUT2D eigenvalue weighted by molar-refractivity contribution is 7.19. The highest BCUT2D eigenvalue weighted by Gasteiger charge is 2.28. The monoisotopic (exact) mass is 444 g/mol. The number of thiazole rings is 1. The summed E-state index contributed by atoms with van der Waals surface area (Å²) in [5.74, 6) is 0. The molecular weight excluding hydrogens is 420 g/mol. The van der Waals surface area contributed by atoms with E-state index in [4.69, 9.17) is 10.1 Å². The maximum absolute atomic E-state index is 11.9. The number of carbonyl (C=O) groups excluding carboxylic acids is 1. The summed E-state index contributed by atoms with van der Waals surface area (Å²) in [4.78, 5) is 22.2. The smallest absolute Gasteiger partial charge is 0.320 e. The SMILES string of the molecule is CNC(=O)Nc1nc2c(s1)-c1c(c(-c3ccc(C)nc3)nn1-c1ccccc1C)CCC2. The number of nitrogens with one attached hydrogen (secondary N) is 2. The van der Waals surface area contributed by atoms with Crippen molar-refractivity contribution in [1.82, 2.24) is 25.1 Å². The van der Waals surface area contributed by atoms with Gasteiger partial charge in [0, 0.05) is 30.1 Å². The number of anilines is 1. The molecule has 3 heterocycles. The van der Waals surface area contributed by atoms with E-state index in [1.54, 1.807) is 7.05 Å². The largest absolute Gasteiger partial charge is 0.341 e. The Morgan fingerprint density at radius 1 is 1.12 bits per heavy atom. The Hall–Kier alpha value is -3.52. The molecule has 0 saturated carbocycles. The van der Waals surface area contributed by atoms with Crippen molar-refractivity contribution in [2.45, 2.75) is 33.1 Å². The second-order valence-corrected chi connectivity index (χ2v) is 8.91. The Morgan fingerprint density at radius 2 is 1.97 bits per heavy atom. The average Bonchev–Trinajstić information content (AvgIpc) is 3.31. The van der Waals surface area contributed by atoms with Crippen molar-refractivity contribution in [2.24, 2.45) is 0 Å². The van der Waals surface area contributed by atoms with Gasteiger partial charge in [-0.1, -0.05) is 29.5 Å². The third kappa shape index (κ3) is 3.56. The first kappa shape index (κ1) is 20.4. The van der Waals surface area contributed by atoms with Crippen molar-refractivity contribution < 1.29 is 4.79 Å². The van der Waals surface area contributed by atoms with Crippen molar-refractivity contribution in [1.29, 1.82) is 0 Å². The summed E-state index contributed by atoms with van der Waals surface area (Å²) in [7, 11) is 1.60. The van der Waals surface area contributed by atoms with Gasteiger partial charge in [-0.3, -0.25) is 10.3 Å². The number of benzene rings is 1. The Labute approximate surface area is 190 Å². The highest BCUT2D eigenvalue weighted by Crippen LogP contribution is 2.43. The number of nitrogens with zero attached hydrogens (tertiary/aromatic N) is 4. The lowest BCUT2D eigenvalue weighted by Crippen LogP contribution is -2.24. The van der Waals surface area contributed by atoms with Crippen LogP contribution in [0.25, 0.3) is 27.5 Å². The fraction of sp³-hybridized carbons (Fsp3) is 0.250. The quantitative estimate of drug-likeness (QED) is 0.470. The van der Waals surface area contributed by atoms with Crippen LogP contribution in [0.4, 0.5) is 9.93 Å². The van der Waals surface area contributed by atoms with Crippen LogP contribution in [0, 0.1) is 13.8 Å². The number of hydrogen-bond acceptors (Lipinski definition) is 5. The second kappa shape index (κ2) is 8.20. The first-order chi connectivity index (χ1) is 15.5. The van der Waals surface area contributed by atoms with Gasteiger partial charge in [0.25, 0.3) is 0 Å². The van der Waals surface area contributed by atoms with Crippen molar-refractivity contribution in [3.05, 3.63) is 65.1 Å². The van der Waals surface area contributed by atoms with Gasteiger partial charge >= 0.3 is 6.03 Å². The van der Waals surface area contributed by atoms with Crippen LogP contribution in [0.1, 0.15) is 28.9 Å². The summed E-state index contributed by atoms with van der Waals surface area (Å²) in [5, 5.41) is 11.1. The number of carbonyl (C=O) groups is 1. The molecule has 162 valence electrons. The Morgan fingerprint density at radius 3 is 2.72 bits per heavy atom. The van der Waals surface area contributed by atoms with Gasteiger partial charge in [-0.2, -0.15) is 5.10 Å². The van der Waals surface area contributed by atoms with Gasteiger partial charge < -0.3 is 5.32 Å². The minimum absolute atomic E-state index is 0.270. The molecule has 32 heavy (non-hydrogen) atoms. The number of rotatable bonds is 3. The molecule has 0 saturated heterocycles. The number of aryl methyl sites for hydroxylation is 3. The molecule has 0 spiro atoms. The molecule has 0 atom stereocenters. The van der Waals surface area contributed by atoms with E-state index in [9.17, 15) is 4.79 Å². The van der Waals surface area contributed by atoms with E-state index in [1.165, 1.54) is 16.9 Å². The van der Waals surface area contributed by atoms with Gasteiger partial charge in [0.05, 0.1) is 27.6 Å². The number of pyridine rings is 1. The summed E-state index contributed by atoms with van der Waals surface area (Å²) < 4.78 is 2.05. The van der Waals surface area contributed by atoms with Crippen LogP contribution >= 0.6 is 11.3 Å². The van der Waals surface area contributed by atoms with E-state index < -0.39 is 0 Å². The molecule has 3 aromatic heterocycles. The lowest BCUT2D eigenvalue weighted by atomic mass is 10.0. The van der Waals surface area contributed by atoms with Crippen molar-refractivity contribution in [3.8, 4) is 27.5 Å². The third-order valence-corrected chi connectivity index (χ3v) is 6.73. The molecule has 0 bridgehead atoms. The standard InChI is InChI=1S/C24H24N6OS/c1-14-7-4-5-10-19(14)30-21-17(20(29-30)16-12-11-15(2)26-13-16)8-6-9-18-22(21)32-24(27-18)28-23(31)25-3/h4-5,7,10-13H,6,8-9H2,1-3H3,(H2,25,27,28,31). The van der Waals surface area contributed by atoms with Crippen LogP contribution in [0.2, 0.25) is 0 Å². The minimum atomic E-state index is -0.270. The minimum Gasteiger partial charge on any atom is -0.341 e. The van der Waals surface area contributed by atoms with Crippen LogP contribution in [-0.2, 0) is 12.8 Å². The van der Waals surface area contributed by atoms with E-state index in [2.05, 4.69) is 40.7 Å². The molecule has 0 unspecified atom stereocenters. The van der Waals surface area contributed by atoms with Crippen LogP contribution < -0.4 is 10.6 Å². The zero-order chi connectivity index (χ0) is 22.2. The first-order valence-electron chi connectivity index (χ1n) is 10.6. The summed E-state index contributed by atoms with van der Waals surface area (Å²) in [6.07, 6.45) is 4.63. The number of para-hydroxylation sites is 1. The lowest BCUT2D eigenvalue weighted by molar-refractivity contribution is 0.254. The van der Waals surface area contributed by atoms with E-state index in [0.717, 1.165) is 63.7 Å². The Kier molecular flexibility index (Phi) is 5.22. The second-order valence-electron chi connectivity index (χ2n) is 7.91. The maximum Gasteiger partial charge on any atom is 0.320 e. The molecule has 7 nitrogen and oxygen atoms in total. The molecule has 2 amide bonds. The first-order valence-corrected chi connectivity index (χ1v) is 11.5. The van der Waals surface area contributed by atoms with Gasteiger partial charge in [0.1, 0.15) is 0 Å². The molecule has 0 fully saturated rings. The fourth-order valence-corrected chi connectivity index (χ4v) is 5.15. The molecular formula is C24H24N6OS. The zero-order valence-corrected chi connectivity index (χ0v) is 19.1. The van der Waals surface area contributed by atoms with E-state index in [1.807, 2.05) is 36.0 Å². The fourth-order valence-electron chi connectivity index (χ4n) is 4.09. The normalized spacial score (nSPS) is 12.6. The Balaban J connectivity index is 1.75. The molecule has 0 aliphatic heterocycles. The molecule has 1 aliphatic carbocycles. The molecule has 2 N–H and O–H groups in total. The maximum atomic E-state index is 11.9. The number of amides is 2.